The van der Waals surface area contributed by atoms with E-state index in [0.717, 1.165) is 5.56 Å². The Balaban J connectivity index is 2.68. The molecule has 1 aromatic rings. The number of carbonyl (C=O) groups excluding carboxylic acids is 1. The third-order valence-corrected chi connectivity index (χ3v) is 1.95. The fourth-order valence-corrected chi connectivity index (χ4v) is 1.08. The van der Waals surface area contributed by atoms with Crippen molar-refractivity contribution >= 4 is 17.5 Å². The van der Waals surface area contributed by atoms with Crippen molar-refractivity contribution in [3.63, 3.8) is 0 Å². The zero-order valence-electron chi connectivity index (χ0n) is 6.89. The van der Waals surface area contributed by atoms with E-state index in [-0.39, 0.29) is 11.4 Å². The molecule has 1 amide bonds. The van der Waals surface area contributed by atoms with Crippen molar-refractivity contribution in [2.24, 2.45) is 5.73 Å². The van der Waals surface area contributed by atoms with Gasteiger partial charge in [-0.05, 0) is 24.1 Å². The summed E-state index contributed by atoms with van der Waals surface area (Å²) in [6.07, 6.45) is 0.671. The van der Waals surface area contributed by atoms with E-state index in [1.165, 1.54) is 12.1 Å². The van der Waals surface area contributed by atoms with Crippen LogP contribution in [0.3, 0.4) is 0 Å². The molecule has 1 rings (SSSR count). The molecule has 0 aliphatic rings. The number of amides is 1. The Morgan fingerprint density at radius 3 is 2.77 bits per heavy atom. The van der Waals surface area contributed by atoms with Gasteiger partial charge in [-0.1, -0.05) is 17.7 Å². The minimum absolute atomic E-state index is 0.0859. The molecular formula is C9H9ClFNO. The molecule has 2 N–H and O–H groups in total. The second-order valence-electron chi connectivity index (χ2n) is 2.71. The van der Waals surface area contributed by atoms with Crippen LogP contribution < -0.4 is 5.73 Å². The van der Waals surface area contributed by atoms with Crippen LogP contribution in [-0.4, -0.2) is 5.91 Å². The molecule has 0 radical (unpaired) electrons. The van der Waals surface area contributed by atoms with Gasteiger partial charge in [0.25, 0.3) is 0 Å². The van der Waals surface area contributed by atoms with Gasteiger partial charge in [-0.25, -0.2) is 4.39 Å². The maximum atomic E-state index is 12.9. The molecule has 70 valence electrons. The number of hydrogen-bond acceptors (Lipinski definition) is 1. The first-order valence-electron chi connectivity index (χ1n) is 3.82. The van der Waals surface area contributed by atoms with E-state index >= 15 is 0 Å². The standard InChI is InChI=1S/C9H9ClFNO/c10-7-3-1-6(5-8(7)11)2-4-9(12)13/h1,3,5H,2,4H2,(H2,12,13). The largest absolute Gasteiger partial charge is 0.370 e. The Labute approximate surface area is 80.5 Å². The summed E-state index contributed by atoms with van der Waals surface area (Å²) in [4.78, 5) is 10.4. The quantitative estimate of drug-likeness (QED) is 0.798. The first-order valence-corrected chi connectivity index (χ1v) is 4.19. The van der Waals surface area contributed by atoms with Gasteiger partial charge in [-0.3, -0.25) is 4.79 Å². The molecule has 1 aromatic carbocycles. The summed E-state index contributed by atoms with van der Waals surface area (Å²) in [6.45, 7) is 0. The highest BCUT2D eigenvalue weighted by Gasteiger charge is 2.02. The van der Waals surface area contributed by atoms with Crippen LogP contribution in [-0.2, 0) is 11.2 Å². The first-order chi connectivity index (χ1) is 6.09. The van der Waals surface area contributed by atoms with Crippen LogP contribution in [0.5, 0.6) is 0 Å². The van der Waals surface area contributed by atoms with Gasteiger partial charge in [-0.2, -0.15) is 0 Å². The fourth-order valence-electron chi connectivity index (χ4n) is 0.963. The minimum Gasteiger partial charge on any atom is -0.370 e. The molecule has 0 fully saturated rings. The number of aryl methyl sites for hydroxylation is 1. The molecule has 13 heavy (non-hydrogen) atoms. The normalized spacial score (nSPS) is 10.0. The van der Waals surface area contributed by atoms with Gasteiger partial charge < -0.3 is 5.73 Å². The third-order valence-electron chi connectivity index (χ3n) is 1.64. The number of carbonyl (C=O) groups is 1. The van der Waals surface area contributed by atoms with Crippen LogP contribution in [0.4, 0.5) is 4.39 Å². The van der Waals surface area contributed by atoms with Gasteiger partial charge in [0.2, 0.25) is 5.91 Å². The summed E-state index contributed by atoms with van der Waals surface area (Å²) < 4.78 is 12.9. The van der Waals surface area contributed by atoms with Crippen LogP contribution in [0.25, 0.3) is 0 Å². The van der Waals surface area contributed by atoms with Gasteiger partial charge >= 0.3 is 0 Å². The molecule has 0 heterocycles. The lowest BCUT2D eigenvalue weighted by molar-refractivity contribution is -0.117. The zero-order valence-corrected chi connectivity index (χ0v) is 7.64. The van der Waals surface area contributed by atoms with Crippen LogP contribution >= 0.6 is 11.6 Å². The smallest absolute Gasteiger partial charge is 0.217 e. The van der Waals surface area contributed by atoms with E-state index in [2.05, 4.69) is 0 Å². The molecule has 0 unspecified atom stereocenters. The van der Waals surface area contributed by atoms with Gasteiger partial charge in [0.05, 0.1) is 5.02 Å². The minimum atomic E-state index is -0.469. The predicted molar refractivity (Wildman–Crippen MR) is 48.9 cm³/mol. The molecule has 2 nitrogen and oxygen atoms in total. The second kappa shape index (κ2) is 4.23. The Morgan fingerprint density at radius 1 is 1.54 bits per heavy atom. The predicted octanol–water partition coefficient (Wildman–Crippen LogP) is 1.90. The van der Waals surface area contributed by atoms with E-state index in [1.807, 2.05) is 0 Å². The van der Waals surface area contributed by atoms with Gasteiger partial charge in [0, 0.05) is 6.42 Å². The van der Waals surface area contributed by atoms with Crippen molar-refractivity contribution in [1.29, 1.82) is 0 Å². The molecule has 0 aliphatic heterocycles. The van der Waals surface area contributed by atoms with Crippen molar-refractivity contribution in [1.82, 2.24) is 0 Å². The van der Waals surface area contributed by atoms with Crippen molar-refractivity contribution in [3.05, 3.63) is 34.6 Å². The number of hydrogen-bond donors (Lipinski definition) is 1. The summed E-state index contributed by atoms with van der Waals surface area (Å²) in [5, 5.41) is 0.0859. The maximum Gasteiger partial charge on any atom is 0.217 e. The fraction of sp³-hybridized carbons (Fsp3) is 0.222. The van der Waals surface area contributed by atoms with Crippen LogP contribution in [0.15, 0.2) is 18.2 Å². The summed E-state index contributed by atoms with van der Waals surface area (Å²) in [6, 6.07) is 4.45. The van der Waals surface area contributed by atoms with Crippen molar-refractivity contribution in [2.45, 2.75) is 12.8 Å². The van der Waals surface area contributed by atoms with Gasteiger partial charge in [-0.15, -0.1) is 0 Å². The SMILES string of the molecule is NC(=O)CCc1ccc(Cl)c(F)c1. The molecule has 0 atom stereocenters. The molecule has 0 bridgehead atoms. The lowest BCUT2D eigenvalue weighted by Gasteiger charge is -2.00. The van der Waals surface area contributed by atoms with E-state index in [9.17, 15) is 9.18 Å². The molecule has 0 spiro atoms. The van der Waals surface area contributed by atoms with Crippen LogP contribution in [0.2, 0.25) is 5.02 Å². The molecule has 0 saturated heterocycles. The van der Waals surface area contributed by atoms with Crippen molar-refractivity contribution < 1.29 is 9.18 Å². The lowest BCUT2D eigenvalue weighted by atomic mass is 10.1. The van der Waals surface area contributed by atoms with Crippen molar-refractivity contribution in [2.75, 3.05) is 0 Å². The molecule has 0 aliphatic carbocycles. The highest BCUT2D eigenvalue weighted by Crippen LogP contribution is 2.16. The molecule has 0 aromatic heterocycles. The monoisotopic (exact) mass is 201 g/mol. The van der Waals surface area contributed by atoms with Gasteiger partial charge in [0.15, 0.2) is 0 Å². The Kier molecular flexibility index (Phi) is 3.25. The van der Waals surface area contributed by atoms with E-state index in [0.29, 0.717) is 6.42 Å². The van der Waals surface area contributed by atoms with Crippen LogP contribution in [0.1, 0.15) is 12.0 Å². The van der Waals surface area contributed by atoms with E-state index in [4.69, 9.17) is 17.3 Å². The zero-order chi connectivity index (χ0) is 9.84. The third kappa shape index (κ3) is 3.03. The molecule has 0 saturated carbocycles. The number of rotatable bonds is 3. The average molecular weight is 202 g/mol. The lowest BCUT2D eigenvalue weighted by Crippen LogP contribution is -2.11. The molecule has 4 heteroatoms. The topological polar surface area (TPSA) is 43.1 Å². The van der Waals surface area contributed by atoms with Crippen LogP contribution in [0, 0.1) is 5.82 Å². The van der Waals surface area contributed by atoms with Crippen molar-refractivity contribution in [3.8, 4) is 0 Å². The summed E-state index contributed by atoms with van der Waals surface area (Å²) in [5.41, 5.74) is 5.67. The summed E-state index contributed by atoms with van der Waals surface area (Å²) >= 11 is 5.48. The van der Waals surface area contributed by atoms with Gasteiger partial charge in [0.1, 0.15) is 5.82 Å². The summed E-state index contributed by atoms with van der Waals surface area (Å²) in [5.74, 6) is -0.862. The maximum absolute atomic E-state index is 12.9. The number of benzene rings is 1. The Bertz CT molecular complexity index is 327. The highest BCUT2D eigenvalue weighted by atomic mass is 35.5. The highest BCUT2D eigenvalue weighted by molar-refractivity contribution is 6.30. The Morgan fingerprint density at radius 2 is 2.23 bits per heavy atom. The number of primary amides is 1. The molecular weight excluding hydrogens is 193 g/mol. The average Bonchev–Trinajstić information content (AvgIpc) is 2.07. The van der Waals surface area contributed by atoms with E-state index in [1.54, 1.807) is 6.07 Å². The first kappa shape index (κ1) is 9.99. The second-order valence-corrected chi connectivity index (χ2v) is 3.12. The van der Waals surface area contributed by atoms with E-state index < -0.39 is 11.7 Å². The number of halogens is 2. The number of nitrogens with two attached hydrogens (primary N) is 1. The Hall–Kier alpha value is -1.09. The summed E-state index contributed by atoms with van der Waals surface area (Å²) in [7, 11) is 0.